The van der Waals surface area contributed by atoms with Crippen molar-refractivity contribution in [1.82, 2.24) is 10.2 Å². The van der Waals surface area contributed by atoms with Gasteiger partial charge in [0.1, 0.15) is 0 Å². The second-order valence-electron chi connectivity index (χ2n) is 3.12. The highest BCUT2D eigenvalue weighted by Gasteiger charge is 2.11. The summed E-state index contributed by atoms with van der Waals surface area (Å²) in [6, 6.07) is -0.0819. The Bertz CT molecular complexity index is 196. The van der Waals surface area contributed by atoms with Gasteiger partial charge < -0.3 is 16.0 Å². The minimum Gasteiger partial charge on any atom is -0.392 e. The number of rotatable bonds is 6. The van der Waals surface area contributed by atoms with Gasteiger partial charge >= 0.3 is 6.03 Å². The Labute approximate surface area is 90.8 Å². The Balaban J connectivity index is 4.03. The summed E-state index contributed by atoms with van der Waals surface area (Å²) in [6.45, 7) is 5.76. The molecule has 0 bridgehead atoms. The van der Waals surface area contributed by atoms with E-state index in [-0.39, 0.29) is 6.03 Å². The zero-order valence-corrected chi connectivity index (χ0v) is 9.69. The molecule has 0 aromatic carbocycles. The van der Waals surface area contributed by atoms with E-state index in [0.29, 0.717) is 24.6 Å². The second kappa shape index (κ2) is 7.55. The van der Waals surface area contributed by atoms with E-state index >= 15 is 0 Å². The Hall–Kier alpha value is -0.840. The van der Waals surface area contributed by atoms with Gasteiger partial charge in [-0.2, -0.15) is 0 Å². The van der Waals surface area contributed by atoms with Crippen molar-refractivity contribution in [3.8, 4) is 0 Å². The third-order valence-electron chi connectivity index (χ3n) is 1.65. The van der Waals surface area contributed by atoms with Crippen molar-refractivity contribution in [1.29, 1.82) is 0 Å². The Morgan fingerprint density at radius 2 is 2.07 bits per heavy atom. The number of nitrogens with zero attached hydrogens (tertiary/aromatic N) is 1. The van der Waals surface area contributed by atoms with Gasteiger partial charge in [0.2, 0.25) is 0 Å². The normalized spacial score (nSPS) is 9.57. The smallest absolute Gasteiger partial charge is 0.317 e. The molecule has 0 aliphatic rings. The van der Waals surface area contributed by atoms with Gasteiger partial charge in [-0.3, -0.25) is 0 Å². The largest absolute Gasteiger partial charge is 0.392 e. The lowest BCUT2D eigenvalue weighted by molar-refractivity contribution is 0.205. The topological polar surface area (TPSA) is 58.4 Å². The highest BCUT2D eigenvalue weighted by atomic mass is 32.1. The van der Waals surface area contributed by atoms with Gasteiger partial charge in [-0.15, -0.1) is 0 Å². The fourth-order valence-corrected chi connectivity index (χ4v) is 1.21. The molecule has 0 aromatic rings. The molecule has 0 aromatic heterocycles. The van der Waals surface area contributed by atoms with Crippen molar-refractivity contribution in [2.24, 2.45) is 5.73 Å². The number of carbonyl (C=O) groups excluding carboxylic acids is 1. The summed E-state index contributed by atoms with van der Waals surface area (Å²) in [5, 5.41) is 2.79. The van der Waals surface area contributed by atoms with E-state index in [1.54, 1.807) is 4.90 Å². The van der Waals surface area contributed by atoms with Crippen LogP contribution < -0.4 is 11.1 Å². The van der Waals surface area contributed by atoms with Crippen molar-refractivity contribution in [2.75, 3.05) is 19.6 Å². The number of hydrogen-bond acceptors (Lipinski definition) is 2. The van der Waals surface area contributed by atoms with Crippen LogP contribution >= 0.6 is 12.2 Å². The molecule has 0 heterocycles. The molecule has 0 spiro atoms. The fraction of sp³-hybridized carbons (Fsp3) is 0.778. The molecule has 0 aliphatic carbocycles. The number of thiocarbonyl (C=S) groups is 1. The molecule has 0 rings (SSSR count). The summed E-state index contributed by atoms with van der Waals surface area (Å²) in [6.07, 6.45) is 1.83. The number of nitrogens with two attached hydrogens (primary N) is 1. The molecular formula is C9H19N3OS. The van der Waals surface area contributed by atoms with Crippen molar-refractivity contribution in [2.45, 2.75) is 26.7 Å². The van der Waals surface area contributed by atoms with E-state index in [2.05, 4.69) is 5.32 Å². The van der Waals surface area contributed by atoms with Gasteiger partial charge in [-0.25, -0.2) is 4.79 Å². The van der Waals surface area contributed by atoms with Crippen LogP contribution in [0.25, 0.3) is 0 Å². The molecule has 0 radical (unpaired) electrons. The minimum absolute atomic E-state index is 0.0819. The van der Waals surface area contributed by atoms with E-state index in [1.807, 2.05) is 13.8 Å². The molecule has 0 unspecified atom stereocenters. The number of nitrogens with one attached hydrogen (secondary N) is 1. The van der Waals surface area contributed by atoms with Gasteiger partial charge in [-0.1, -0.05) is 26.1 Å². The highest BCUT2D eigenvalue weighted by molar-refractivity contribution is 7.80. The van der Waals surface area contributed by atoms with Gasteiger partial charge in [0.25, 0.3) is 0 Å². The molecule has 0 atom stereocenters. The second-order valence-corrected chi connectivity index (χ2v) is 3.64. The van der Waals surface area contributed by atoms with Crippen molar-refractivity contribution in [3.63, 3.8) is 0 Å². The predicted molar refractivity (Wildman–Crippen MR) is 62.3 cm³/mol. The first-order valence-corrected chi connectivity index (χ1v) is 5.33. The standard InChI is InChI=1S/C9H19N3OS/c1-3-5-11-9(13)12(6-4-2)7-8(10)14/h3-7H2,1-2H3,(H2,10,14)(H,11,13). The number of carbonyl (C=O) groups is 1. The lowest BCUT2D eigenvalue weighted by Crippen LogP contribution is -2.44. The first-order chi connectivity index (χ1) is 6.61. The van der Waals surface area contributed by atoms with Gasteiger partial charge in [-0.05, 0) is 12.8 Å². The van der Waals surface area contributed by atoms with E-state index in [1.165, 1.54) is 0 Å². The molecular weight excluding hydrogens is 198 g/mol. The van der Waals surface area contributed by atoms with Crippen LogP contribution in [0.4, 0.5) is 4.79 Å². The Morgan fingerprint density at radius 1 is 1.43 bits per heavy atom. The maximum Gasteiger partial charge on any atom is 0.317 e. The fourth-order valence-electron chi connectivity index (χ4n) is 1.05. The summed E-state index contributed by atoms with van der Waals surface area (Å²) >= 11 is 4.77. The zero-order chi connectivity index (χ0) is 11.0. The molecule has 14 heavy (non-hydrogen) atoms. The zero-order valence-electron chi connectivity index (χ0n) is 8.88. The lowest BCUT2D eigenvalue weighted by Gasteiger charge is -2.21. The van der Waals surface area contributed by atoms with Crippen molar-refractivity contribution in [3.05, 3.63) is 0 Å². The van der Waals surface area contributed by atoms with Crippen molar-refractivity contribution >= 4 is 23.2 Å². The minimum atomic E-state index is -0.0819. The van der Waals surface area contributed by atoms with Crippen LogP contribution in [-0.4, -0.2) is 35.6 Å². The number of amides is 2. The van der Waals surface area contributed by atoms with E-state index in [4.69, 9.17) is 18.0 Å². The molecule has 0 saturated heterocycles. The predicted octanol–water partition coefficient (Wildman–Crippen LogP) is 1.10. The summed E-state index contributed by atoms with van der Waals surface area (Å²) in [7, 11) is 0. The number of urea groups is 1. The lowest BCUT2D eigenvalue weighted by atomic mass is 10.4. The van der Waals surface area contributed by atoms with Crippen LogP contribution in [-0.2, 0) is 0 Å². The first kappa shape index (κ1) is 13.2. The van der Waals surface area contributed by atoms with Crippen LogP contribution in [0.3, 0.4) is 0 Å². The van der Waals surface area contributed by atoms with Crippen LogP contribution in [0, 0.1) is 0 Å². The molecule has 82 valence electrons. The van der Waals surface area contributed by atoms with Gasteiger partial charge in [0.05, 0.1) is 11.5 Å². The van der Waals surface area contributed by atoms with Crippen LogP contribution in [0.5, 0.6) is 0 Å². The molecule has 5 heteroatoms. The maximum atomic E-state index is 11.5. The molecule has 0 aliphatic heterocycles. The summed E-state index contributed by atoms with van der Waals surface area (Å²) in [5.41, 5.74) is 5.40. The average Bonchev–Trinajstić information content (AvgIpc) is 2.13. The van der Waals surface area contributed by atoms with Crippen LogP contribution in [0.15, 0.2) is 0 Å². The third kappa shape index (κ3) is 5.75. The highest BCUT2D eigenvalue weighted by Crippen LogP contribution is 1.92. The van der Waals surface area contributed by atoms with Gasteiger partial charge in [0, 0.05) is 13.1 Å². The summed E-state index contributed by atoms with van der Waals surface area (Å²) in [4.78, 5) is 13.5. The van der Waals surface area contributed by atoms with Crippen LogP contribution in [0.2, 0.25) is 0 Å². The first-order valence-electron chi connectivity index (χ1n) is 4.92. The summed E-state index contributed by atoms with van der Waals surface area (Å²) in [5.74, 6) is 0. The molecule has 4 nitrogen and oxygen atoms in total. The molecule has 0 saturated carbocycles. The van der Waals surface area contributed by atoms with Crippen molar-refractivity contribution < 1.29 is 4.79 Å². The third-order valence-corrected chi connectivity index (χ3v) is 1.78. The molecule has 2 amide bonds. The monoisotopic (exact) mass is 217 g/mol. The SMILES string of the molecule is CCCNC(=O)N(CCC)CC(N)=S. The average molecular weight is 217 g/mol. The number of hydrogen-bond donors (Lipinski definition) is 2. The van der Waals surface area contributed by atoms with E-state index in [0.717, 1.165) is 12.8 Å². The maximum absolute atomic E-state index is 11.5. The quantitative estimate of drug-likeness (QED) is 0.655. The molecule has 0 fully saturated rings. The summed E-state index contributed by atoms with van der Waals surface area (Å²) < 4.78 is 0. The molecule has 3 N–H and O–H groups in total. The van der Waals surface area contributed by atoms with E-state index < -0.39 is 0 Å². The van der Waals surface area contributed by atoms with Crippen LogP contribution in [0.1, 0.15) is 26.7 Å². The Morgan fingerprint density at radius 3 is 2.50 bits per heavy atom. The van der Waals surface area contributed by atoms with E-state index in [9.17, 15) is 4.79 Å². The Kier molecular flexibility index (Phi) is 7.10. The van der Waals surface area contributed by atoms with Gasteiger partial charge in [0.15, 0.2) is 0 Å².